The highest BCUT2D eigenvalue weighted by Gasteiger charge is 2.45. The molecule has 0 bridgehead atoms. The number of likely N-dealkylation sites (tertiary alicyclic amines) is 1. The first-order valence-corrected chi connectivity index (χ1v) is 10.9. The average molecular weight is 471 g/mol. The molecule has 32 heavy (non-hydrogen) atoms. The minimum Gasteiger partial charge on any atom is -0.475 e. The van der Waals surface area contributed by atoms with Crippen molar-refractivity contribution in [1.29, 1.82) is 0 Å². The molecule has 174 valence electrons. The lowest BCUT2D eigenvalue weighted by atomic mass is 9.71. The maximum atomic E-state index is 12.5. The quantitative estimate of drug-likeness (QED) is 0.724. The number of amides is 1. The number of rotatable bonds is 2. The Morgan fingerprint density at radius 1 is 1.25 bits per heavy atom. The Balaban J connectivity index is 0.000000360. The highest BCUT2D eigenvalue weighted by molar-refractivity contribution is 7.11. The van der Waals surface area contributed by atoms with Crippen molar-refractivity contribution in [3.63, 3.8) is 0 Å². The lowest BCUT2D eigenvalue weighted by Gasteiger charge is -2.46. The Bertz CT molecular complexity index is 1000. The zero-order valence-corrected chi connectivity index (χ0v) is 18.9. The monoisotopic (exact) mass is 470 g/mol. The van der Waals surface area contributed by atoms with Gasteiger partial charge in [-0.15, -0.1) is 11.3 Å². The van der Waals surface area contributed by atoms with E-state index in [0.717, 1.165) is 50.5 Å². The van der Waals surface area contributed by atoms with Crippen LogP contribution < -0.4 is 0 Å². The molecule has 2 aliphatic heterocycles. The number of thiophene rings is 1. The molecule has 4 heterocycles. The van der Waals surface area contributed by atoms with Gasteiger partial charge < -0.3 is 10.0 Å². The number of aromatic nitrogens is 2. The number of fused-ring (bicyclic) bond motifs is 2. The van der Waals surface area contributed by atoms with E-state index in [2.05, 4.69) is 28.9 Å². The third-order valence-electron chi connectivity index (χ3n) is 5.76. The van der Waals surface area contributed by atoms with E-state index in [-0.39, 0.29) is 11.3 Å². The number of nitrogens with zero attached hydrogens (tertiary/aromatic N) is 4. The van der Waals surface area contributed by atoms with Gasteiger partial charge in [-0.2, -0.15) is 13.2 Å². The molecule has 2 aromatic rings. The van der Waals surface area contributed by atoms with Gasteiger partial charge in [0.15, 0.2) is 0 Å². The largest absolute Gasteiger partial charge is 0.490 e. The van der Waals surface area contributed by atoms with E-state index in [1.807, 2.05) is 30.2 Å². The number of carbonyl (C=O) groups excluding carboxylic acids is 1. The normalized spacial score (nSPS) is 18.2. The third kappa shape index (κ3) is 5.26. The summed E-state index contributed by atoms with van der Waals surface area (Å²) in [6.45, 7) is 7.95. The Kier molecular flexibility index (Phi) is 6.89. The molecule has 0 aliphatic carbocycles. The van der Waals surface area contributed by atoms with Crippen LogP contribution in [0, 0.1) is 13.8 Å². The molecule has 1 spiro atoms. The van der Waals surface area contributed by atoms with E-state index in [0.29, 0.717) is 5.56 Å². The van der Waals surface area contributed by atoms with E-state index >= 15 is 0 Å². The van der Waals surface area contributed by atoms with Crippen LogP contribution >= 0.6 is 11.3 Å². The van der Waals surface area contributed by atoms with Crippen molar-refractivity contribution in [2.24, 2.45) is 0 Å². The van der Waals surface area contributed by atoms with Gasteiger partial charge in [-0.1, -0.05) is 0 Å². The molecule has 0 atom stereocenters. The fourth-order valence-electron chi connectivity index (χ4n) is 4.16. The minimum atomic E-state index is -5.08. The zero-order valence-electron chi connectivity index (χ0n) is 18.1. The summed E-state index contributed by atoms with van der Waals surface area (Å²) in [6, 6.07) is 4.44. The summed E-state index contributed by atoms with van der Waals surface area (Å²) < 4.78 is 31.7. The van der Waals surface area contributed by atoms with E-state index in [1.54, 1.807) is 6.20 Å². The molecule has 0 aromatic carbocycles. The predicted octanol–water partition coefficient (Wildman–Crippen LogP) is 3.41. The van der Waals surface area contributed by atoms with Gasteiger partial charge in [-0.05, 0) is 51.9 Å². The number of hydrogen-bond donors (Lipinski definition) is 1. The van der Waals surface area contributed by atoms with Crippen LogP contribution in [-0.4, -0.2) is 69.6 Å². The predicted molar refractivity (Wildman–Crippen MR) is 113 cm³/mol. The molecule has 1 N–H and O–H groups in total. The summed E-state index contributed by atoms with van der Waals surface area (Å²) in [5, 5.41) is 7.12. The Morgan fingerprint density at radius 2 is 1.88 bits per heavy atom. The Morgan fingerprint density at radius 3 is 2.41 bits per heavy atom. The second-order valence-corrected chi connectivity index (χ2v) is 9.58. The highest BCUT2D eigenvalue weighted by atomic mass is 32.1. The molecule has 1 amide bonds. The SMILES string of the molecule is Cc1ncc2c(n1)C1(CCN(Cc3ccc(C)s3)CC1)CN(C)C2=O.O=C(O)C(F)(F)F. The van der Waals surface area contributed by atoms with Crippen molar-refractivity contribution in [1.82, 2.24) is 19.8 Å². The van der Waals surface area contributed by atoms with Gasteiger partial charge in [0.05, 0.1) is 11.3 Å². The number of carbonyl (C=O) groups is 2. The molecule has 0 saturated carbocycles. The molecular weight excluding hydrogens is 445 g/mol. The highest BCUT2D eigenvalue weighted by Crippen LogP contribution is 2.40. The summed E-state index contributed by atoms with van der Waals surface area (Å²) in [5.41, 5.74) is 1.66. The van der Waals surface area contributed by atoms with Crippen LogP contribution in [0.1, 0.15) is 44.5 Å². The number of hydrogen-bond acceptors (Lipinski definition) is 6. The maximum absolute atomic E-state index is 12.5. The molecule has 2 aromatic heterocycles. The van der Waals surface area contributed by atoms with Crippen LogP contribution in [-0.2, 0) is 16.8 Å². The van der Waals surface area contributed by atoms with Gasteiger partial charge in [0.25, 0.3) is 5.91 Å². The van der Waals surface area contributed by atoms with Gasteiger partial charge in [-0.25, -0.2) is 14.8 Å². The third-order valence-corrected chi connectivity index (χ3v) is 6.75. The van der Waals surface area contributed by atoms with Crippen molar-refractivity contribution < 1.29 is 27.9 Å². The zero-order chi connectivity index (χ0) is 23.7. The molecule has 7 nitrogen and oxygen atoms in total. The number of halogens is 3. The van der Waals surface area contributed by atoms with Gasteiger partial charge in [0, 0.05) is 41.5 Å². The van der Waals surface area contributed by atoms with Crippen molar-refractivity contribution in [3.8, 4) is 0 Å². The number of piperidine rings is 1. The van der Waals surface area contributed by atoms with Crippen LogP contribution in [0.2, 0.25) is 0 Å². The van der Waals surface area contributed by atoms with Gasteiger partial charge in [0.1, 0.15) is 5.82 Å². The van der Waals surface area contributed by atoms with Crippen LogP contribution in [0.3, 0.4) is 0 Å². The van der Waals surface area contributed by atoms with E-state index in [4.69, 9.17) is 14.9 Å². The molecule has 0 radical (unpaired) electrons. The molecule has 1 saturated heterocycles. The van der Waals surface area contributed by atoms with Crippen molar-refractivity contribution in [2.45, 2.75) is 44.8 Å². The molecule has 2 aliphatic rings. The second kappa shape index (κ2) is 9.14. The lowest BCUT2D eigenvalue weighted by Crippen LogP contribution is -2.53. The van der Waals surface area contributed by atoms with E-state index < -0.39 is 12.1 Å². The van der Waals surface area contributed by atoms with Crippen LogP contribution in [0.4, 0.5) is 13.2 Å². The first-order chi connectivity index (χ1) is 14.9. The fourth-order valence-corrected chi connectivity index (χ4v) is 5.09. The summed E-state index contributed by atoms with van der Waals surface area (Å²) >= 11 is 1.88. The summed E-state index contributed by atoms with van der Waals surface area (Å²) in [4.78, 5) is 37.5. The number of aliphatic carboxylic acids is 1. The summed E-state index contributed by atoms with van der Waals surface area (Å²) in [5.74, 6) is -1.95. The van der Waals surface area contributed by atoms with Crippen LogP contribution in [0.25, 0.3) is 0 Å². The molecule has 1 fully saturated rings. The summed E-state index contributed by atoms with van der Waals surface area (Å²) in [6.07, 6.45) is -1.28. The number of aryl methyl sites for hydroxylation is 2. The second-order valence-electron chi connectivity index (χ2n) is 8.21. The van der Waals surface area contributed by atoms with Crippen molar-refractivity contribution in [3.05, 3.63) is 45.2 Å². The minimum absolute atomic E-state index is 0.0203. The number of carboxylic acid groups (broad SMARTS) is 1. The standard InChI is InChI=1S/C19H24N4OS.C2HF3O2/c1-13-4-5-15(25-13)11-23-8-6-19(7-9-23)12-22(3)18(24)16-10-20-14(2)21-17(16)19;3-2(4,5)1(6)7/h4-5,10H,6-9,11-12H2,1-3H3;(H,6,7). The Labute approximate surface area is 187 Å². The van der Waals surface area contributed by atoms with Crippen molar-refractivity contribution in [2.75, 3.05) is 26.7 Å². The average Bonchev–Trinajstić information content (AvgIpc) is 3.12. The van der Waals surface area contributed by atoms with Crippen LogP contribution in [0.5, 0.6) is 0 Å². The first kappa shape index (κ1) is 24.1. The molecular formula is C21H25F3N4O3S. The first-order valence-electron chi connectivity index (χ1n) is 10.1. The lowest BCUT2D eigenvalue weighted by molar-refractivity contribution is -0.192. The van der Waals surface area contributed by atoms with E-state index in [9.17, 15) is 18.0 Å². The van der Waals surface area contributed by atoms with Crippen LogP contribution in [0.15, 0.2) is 18.3 Å². The van der Waals surface area contributed by atoms with Crippen molar-refractivity contribution >= 4 is 23.2 Å². The van der Waals surface area contributed by atoms with E-state index in [1.165, 1.54) is 9.75 Å². The topological polar surface area (TPSA) is 86.6 Å². The number of likely N-dealkylation sites (N-methyl/N-ethyl adjacent to an activating group) is 1. The van der Waals surface area contributed by atoms with Gasteiger partial charge >= 0.3 is 12.1 Å². The Hall–Kier alpha value is -2.53. The summed E-state index contributed by atoms with van der Waals surface area (Å²) in [7, 11) is 1.90. The molecule has 11 heteroatoms. The molecule has 0 unspecified atom stereocenters. The van der Waals surface area contributed by atoms with Gasteiger partial charge in [0.2, 0.25) is 0 Å². The number of alkyl halides is 3. The fraction of sp³-hybridized carbons (Fsp3) is 0.524. The smallest absolute Gasteiger partial charge is 0.475 e. The molecule has 4 rings (SSSR count). The maximum Gasteiger partial charge on any atom is 0.490 e. The number of carboxylic acids is 1. The van der Waals surface area contributed by atoms with Gasteiger partial charge in [-0.3, -0.25) is 9.69 Å².